The van der Waals surface area contributed by atoms with Gasteiger partial charge < -0.3 is 5.11 Å². The highest BCUT2D eigenvalue weighted by Gasteiger charge is 2.14. The summed E-state index contributed by atoms with van der Waals surface area (Å²) in [4.78, 5) is 2.39. The molecule has 0 bridgehead atoms. The molecule has 0 aliphatic heterocycles. The van der Waals surface area contributed by atoms with Crippen LogP contribution in [0, 0.1) is 5.92 Å². The Labute approximate surface area is 95.7 Å². The molecule has 1 unspecified atom stereocenters. The zero-order chi connectivity index (χ0) is 11.7. The predicted molar refractivity (Wildman–Crippen MR) is 67.1 cm³/mol. The Morgan fingerprint density at radius 1 is 1.20 bits per heavy atom. The van der Waals surface area contributed by atoms with Crippen molar-refractivity contribution in [2.24, 2.45) is 5.92 Å². The lowest BCUT2D eigenvalue weighted by molar-refractivity contribution is 0.140. The normalized spacial score (nSPS) is 13.8. The van der Waals surface area contributed by atoms with Crippen molar-refractivity contribution >= 4 is 0 Å². The van der Waals surface area contributed by atoms with E-state index in [1.54, 1.807) is 0 Å². The van der Waals surface area contributed by atoms with E-state index in [1.165, 1.54) is 25.7 Å². The molecule has 0 heterocycles. The van der Waals surface area contributed by atoms with Gasteiger partial charge in [-0.1, -0.05) is 33.1 Å². The molecule has 0 rings (SSSR count). The monoisotopic (exact) mass is 215 g/mol. The highest BCUT2D eigenvalue weighted by atomic mass is 16.3. The van der Waals surface area contributed by atoms with Crippen molar-refractivity contribution in [1.82, 2.24) is 4.90 Å². The van der Waals surface area contributed by atoms with Crippen LogP contribution in [0.25, 0.3) is 0 Å². The summed E-state index contributed by atoms with van der Waals surface area (Å²) in [6.07, 6.45) is 5.22. The van der Waals surface area contributed by atoms with Gasteiger partial charge in [0.1, 0.15) is 0 Å². The molecule has 0 aliphatic rings. The van der Waals surface area contributed by atoms with Crippen molar-refractivity contribution < 1.29 is 5.11 Å². The molecule has 92 valence electrons. The Morgan fingerprint density at radius 3 is 2.27 bits per heavy atom. The number of hydrogen-bond donors (Lipinski definition) is 1. The molecule has 0 amide bonds. The zero-order valence-electron chi connectivity index (χ0n) is 11.0. The Hall–Kier alpha value is -0.0800. The van der Waals surface area contributed by atoms with Gasteiger partial charge in [-0.05, 0) is 26.2 Å². The maximum Gasteiger partial charge on any atom is 0.0558 e. The summed E-state index contributed by atoms with van der Waals surface area (Å²) < 4.78 is 0. The van der Waals surface area contributed by atoms with Crippen LogP contribution in [0.15, 0.2) is 0 Å². The summed E-state index contributed by atoms with van der Waals surface area (Å²) in [6, 6.07) is 0.549. The second-order valence-corrected chi connectivity index (χ2v) is 4.73. The lowest BCUT2D eigenvalue weighted by Crippen LogP contribution is -2.37. The predicted octanol–water partition coefficient (Wildman–Crippen LogP) is 2.91. The molecule has 15 heavy (non-hydrogen) atoms. The minimum atomic E-state index is 0.280. The minimum absolute atomic E-state index is 0.280. The van der Waals surface area contributed by atoms with E-state index in [0.717, 1.165) is 19.0 Å². The molecule has 0 spiro atoms. The van der Waals surface area contributed by atoms with Crippen molar-refractivity contribution in [3.63, 3.8) is 0 Å². The van der Waals surface area contributed by atoms with E-state index in [0.29, 0.717) is 6.04 Å². The van der Waals surface area contributed by atoms with Gasteiger partial charge in [-0.3, -0.25) is 4.90 Å². The van der Waals surface area contributed by atoms with Crippen molar-refractivity contribution in [2.75, 3.05) is 19.7 Å². The first-order chi connectivity index (χ1) is 7.15. The zero-order valence-corrected chi connectivity index (χ0v) is 11.0. The summed E-state index contributed by atoms with van der Waals surface area (Å²) in [6.45, 7) is 11.2. The summed E-state index contributed by atoms with van der Waals surface area (Å²) in [7, 11) is 0. The molecule has 1 N–H and O–H groups in total. The van der Waals surface area contributed by atoms with Gasteiger partial charge in [0.05, 0.1) is 6.61 Å². The molecule has 2 heteroatoms. The highest BCUT2D eigenvalue weighted by Crippen LogP contribution is 2.15. The van der Waals surface area contributed by atoms with Gasteiger partial charge in [0.15, 0.2) is 0 Å². The van der Waals surface area contributed by atoms with E-state index < -0.39 is 0 Å². The van der Waals surface area contributed by atoms with Gasteiger partial charge in [-0.15, -0.1) is 0 Å². The van der Waals surface area contributed by atoms with Crippen LogP contribution in [-0.4, -0.2) is 35.7 Å². The molecule has 0 aromatic rings. The highest BCUT2D eigenvalue weighted by molar-refractivity contribution is 4.68. The topological polar surface area (TPSA) is 23.5 Å². The molecule has 1 atom stereocenters. The fourth-order valence-electron chi connectivity index (χ4n) is 1.94. The molecule has 0 saturated heterocycles. The van der Waals surface area contributed by atoms with E-state index in [2.05, 4.69) is 32.6 Å². The van der Waals surface area contributed by atoms with Gasteiger partial charge in [-0.2, -0.15) is 0 Å². The number of hydrogen-bond acceptors (Lipinski definition) is 2. The fraction of sp³-hybridized carbons (Fsp3) is 1.00. The number of unbranched alkanes of at least 4 members (excludes halogenated alkanes) is 1. The van der Waals surface area contributed by atoms with Gasteiger partial charge in [-0.25, -0.2) is 0 Å². The van der Waals surface area contributed by atoms with E-state index in [1.807, 2.05) is 0 Å². The molecule has 0 saturated carbocycles. The molecule has 2 nitrogen and oxygen atoms in total. The Kier molecular flexibility index (Phi) is 9.12. The quantitative estimate of drug-likeness (QED) is 0.639. The van der Waals surface area contributed by atoms with Gasteiger partial charge in [0, 0.05) is 19.1 Å². The first kappa shape index (κ1) is 14.9. The van der Waals surface area contributed by atoms with Crippen LogP contribution in [0.1, 0.15) is 53.4 Å². The summed E-state index contributed by atoms with van der Waals surface area (Å²) in [5.41, 5.74) is 0. The Morgan fingerprint density at radius 2 is 1.87 bits per heavy atom. The SMILES string of the molecule is CCCCC(CC)CN(CCO)C(C)C. The third-order valence-electron chi connectivity index (χ3n) is 3.15. The molecular formula is C13H29NO. The van der Waals surface area contributed by atoms with Crippen LogP contribution in [0.5, 0.6) is 0 Å². The van der Waals surface area contributed by atoms with Crippen LogP contribution < -0.4 is 0 Å². The number of rotatable bonds is 9. The van der Waals surface area contributed by atoms with Crippen LogP contribution in [-0.2, 0) is 0 Å². The number of aliphatic hydroxyl groups is 1. The lowest BCUT2D eigenvalue weighted by atomic mass is 9.98. The average molecular weight is 215 g/mol. The smallest absolute Gasteiger partial charge is 0.0558 e. The van der Waals surface area contributed by atoms with Gasteiger partial charge in [0.2, 0.25) is 0 Å². The third kappa shape index (κ3) is 6.91. The van der Waals surface area contributed by atoms with E-state index in [4.69, 9.17) is 5.11 Å². The summed E-state index contributed by atoms with van der Waals surface area (Å²) in [5, 5.41) is 9.01. The van der Waals surface area contributed by atoms with Crippen LogP contribution in [0.2, 0.25) is 0 Å². The molecule has 0 aromatic carbocycles. The second-order valence-electron chi connectivity index (χ2n) is 4.73. The van der Waals surface area contributed by atoms with E-state index in [9.17, 15) is 0 Å². The van der Waals surface area contributed by atoms with Gasteiger partial charge >= 0.3 is 0 Å². The number of aliphatic hydroxyl groups excluding tert-OH is 1. The maximum absolute atomic E-state index is 9.01. The van der Waals surface area contributed by atoms with Crippen LogP contribution in [0.3, 0.4) is 0 Å². The first-order valence-corrected chi connectivity index (χ1v) is 6.50. The molecule has 0 aromatic heterocycles. The Bertz CT molecular complexity index is 136. The molecule has 0 radical (unpaired) electrons. The maximum atomic E-state index is 9.01. The molecule has 0 aliphatic carbocycles. The Balaban J connectivity index is 3.97. The third-order valence-corrected chi connectivity index (χ3v) is 3.15. The van der Waals surface area contributed by atoms with Crippen LogP contribution in [0.4, 0.5) is 0 Å². The van der Waals surface area contributed by atoms with E-state index >= 15 is 0 Å². The second kappa shape index (κ2) is 9.17. The van der Waals surface area contributed by atoms with Crippen molar-refractivity contribution in [1.29, 1.82) is 0 Å². The largest absolute Gasteiger partial charge is 0.395 e. The molecular weight excluding hydrogens is 186 g/mol. The average Bonchev–Trinajstić information content (AvgIpc) is 2.22. The minimum Gasteiger partial charge on any atom is -0.395 e. The standard InChI is InChI=1S/C13H29NO/c1-5-7-8-13(6-2)11-14(9-10-15)12(3)4/h12-13,15H,5-11H2,1-4H3. The van der Waals surface area contributed by atoms with Crippen LogP contribution >= 0.6 is 0 Å². The van der Waals surface area contributed by atoms with Crippen molar-refractivity contribution in [2.45, 2.75) is 59.4 Å². The van der Waals surface area contributed by atoms with Crippen molar-refractivity contribution in [3.8, 4) is 0 Å². The molecule has 0 fully saturated rings. The lowest BCUT2D eigenvalue weighted by Gasteiger charge is -2.29. The first-order valence-electron chi connectivity index (χ1n) is 6.50. The van der Waals surface area contributed by atoms with E-state index in [-0.39, 0.29) is 6.61 Å². The summed E-state index contributed by atoms with van der Waals surface area (Å²) in [5.74, 6) is 0.805. The van der Waals surface area contributed by atoms with Gasteiger partial charge in [0.25, 0.3) is 0 Å². The van der Waals surface area contributed by atoms with Crippen molar-refractivity contribution in [3.05, 3.63) is 0 Å². The fourth-order valence-corrected chi connectivity index (χ4v) is 1.94. The summed E-state index contributed by atoms with van der Waals surface area (Å²) >= 11 is 0. The number of nitrogens with zero attached hydrogens (tertiary/aromatic N) is 1.